The van der Waals surface area contributed by atoms with E-state index in [-0.39, 0.29) is 5.91 Å². The Labute approximate surface area is 125 Å². The Kier molecular flexibility index (Phi) is 6.72. The molecule has 0 fully saturated rings. The fourth-order valence-electron chi connectivity index (χ4n) is 1.73. The van der Waals surface area contributed by atoms with Gasteiger partial charge in [0.15, 0.2) is 17.6 Å². The summed E-state index contributed by atoms with van der Waals surface area (Å²) in [5, 5.41) is 2.83. The molecule has 0 aromatic heterocycles. The molecule has 0 aliphatic rings. The van der Waals surface area contributed by atoms with Crippen LogP contribution < -0.4 is 14.8 Å². The maximum atomic E-state index is 11.9. The fraction of sp³-hybridized carbons (Fsp3) is 0.500. The fourth-order valence-corrected chi connectivity index (χ4v) is 1.73. The molecule has 1 rings (SSSR count). The van der Waals surface area contributed by atoms with Crippen molar-refractivity contribution in [3.05, 3.63) is 23.8 Å². The van der Waals surface area contributed by atoms with E-state index in [1.165, 1.54) is 7.11 Å². The summed E-state index contributed by atoms with van der Waals surface area (Å²) < 4.78 is 10.8. The number of hydrogen-bond donors (Lipinski definition) is 1. The summed E-state index contributed by atoms with van der Waals surface area (Å²) in [5.74, 6) is 1.22. The minimum Gasteiger partial charge on any atom is -0.493 e. The van der Waals surface area contributed by atoms with Crippen molar-refractivity contribution < 1.29 is 19.1 Å². The van der Waals surface area contributed by atoms with Crippen molar-refractivity contribution in [1.82, 2.24) is 5.32 Å². The zero-order chi connectivity index (χ0) is 15.8. The lowest BCUT2D eigenvalue weighted by Crippen LogP contribution is -2.37. The number of carbonyl (C=O) groups is 2. The first kappa shape index (κ1) is 17.0. The second-order valence-electron chi connectivity index (χ2n) is 5.26. The van der Waals surface area contributed by atoms with E-state index >= 15 is 0 Å². The molecule has 1 aromatic carbocycles. The summed E-state index contributed by atoms with van der Waals surface area (Å²) in [6.45, 7) is 6.48. The highest BCUT2D eigenvalue weighted by Crippen LogP contribution is 2.28. The van der Waals surface area contributed by atoms with E-state index < -0.39 is 6.10 Å². The number of rotatable bonds is 8. The van der Waals surface area contributed by atoms with Gasteiger partial charge in [0.2, 0.25) is 0 Å². The van der Waals surface area contributed by atoms with Crippen LogP contribution in [0, 0.1) is 5.92 Å². The van der Waals surface area contributed by atoms with Crippen LogP contribution in [0.15, 0.2) is 18.2 Å². The number of hydrogen-bond acceptors (Lipinski definition) is 4. The van der Waals surface area contributed by atoms with E-state index in [4.69, 9.17) is 9.47 Å². The first-order valence-electron chi connectivity index (χ1n) is 7.05. The quantitative estimate of drug-likeness (QED) is 0.748. The first-order valence-corrected chi connectivity index (χ1v) is 7.05. The molecule has 1 aromatic rings. The van der Waals surface area contributed by atoms with E-state index in [0.717, 1.165) is 12.7 Å². The van der Waals surface area contributed by atoms with Crippen molar-refractivity contribution in [3.63, 3.8) is 0 Å². The third-order valence-electron chi connectivity index (χ3n) is 3.02. The van der Waals surface area contributed by atoms with Crippen molar-refractivity contribution in [3.8, 4) is 11.5 Å². The van der Waals surface area contributed by atoms with Gasteiger partial charge in [-0.15, -0.1) is 0 Å². The number of amides is 1. The summed E-state index contributed by atoms with van der Waals surface area (Å²) >= 11 is 0. The van der Waals surface area contributed by atoms with Crippen LogP contribution in [0.1, 0.15) is 37.6 Å². The summed E-state index contributed by atoms with van der Waals surface area (Å²) in [5.41, 5.74) is 0.471. The van der Waals surface area contributed by atoms with Gasteiger partial charge in [-0.3, -0.25) is 9.59 Å². The van der Waals surface area contributed by atoms with Crippen LogP contribution in [-0.2, 0) is 4.79 Å². The molecule has 1 atom stereocenters. The summed E-state index contributed by atoms with van der Waals surface area (Å²) in [4.78, 5) is 22.7. The van der Waals surface area contributed by atoms with Gasteiger partial charge in [-0.2, -0.15) is 0 Å². The second-order valence-corrected chi connectivity index (χ2v) is 5.26. The average Bonchev–Trinajstić information content (AvgIpc) is 2.46. The number of methoxy groups -OCH3 is 1. The molecular formula is C16H23NO4. The standard InChI is InChI=1S/C16H23NO4/c1-11(2)7-8-17-16(19)12(3)21-15-9-13(10-18)5-6-14(15)20-4/h5-6,9-12H,7-8H2,1-4H3,(H,17,19). The third kappa shape index (κ3) is 5.45. The number of carbonyl (C=O) groups excluding carboxylic acids is 2. The summed E-state index contributed by atoms with van der Waals surface area (Å²) in [6, 6.07) is 4.83. The van der Waals surface area contributed by atoms with Gasteiger partial charge in [0, 0.05) is 12.1 Å². The second kappa shape index (κ2) is 8.29. The number of benzene rings is 1. The monoisotopic (exact) mass is 293 g/mol. The average molecular weight is 293 g/mol. The summed E-state index contributed by atoms with van der Waals surface area (Å²) in [6.07, 6.45) is 0.982. The Hall–Kier alpha value is -2.04. The lowest BCUT2D eigenvalue weighted by Gasteiger charge is -2.17. The van der Waals surface area contributed by atoms with Crippen LogP contribution in [0.4, 0.5) is 0 Å². The zero-order valence-corrected chi connectivity index (χ0v) is 13.0. The molecular weight excluding hydrogens is 270 g/mol. The molecule has 0 heterocycles. The highest BCUT2D eigenvalue weighted by Gasteiger charge is 2.17. The summed E-state index contributed by atoms with van der Waals surface area (Å²) in [7, 11) is 1.51. The molecule has 5 nitrogen and oxygen atoms in total. The molecule has 0 saturated heterocycles. The van der Waals surface area contributed by atoms with Crippen LogP contribution in [0.3, 0.4) is 0 Å². The van der Waals surface area contributed by atoms with Gasteiger partial charge in [0.05, 0.1) is 7.11 Å². The molecule has 0 saturated carbocycles. The number of ether oxygens (including phenoxy) is 2. The van der Waals surface area contributed by atoms with E-state index in [1.54, 1.807) is 25.1 Å². The van der Waals surface area contributed by atoms with Crippen molar-refractivity contribution in [2.45, 2.75) is 33.3 Å². The Morgan fingerprint density at radius 3 is 2.57 bits per heavy atom. The van der Waals surface area contributed by atoms with E-state index in [1.807, 2.05) is 0 Å². The van der Waals surface area contributed by atoms with E-state index in [0.29, 0.717) is 29.5 Å². The molecule has 1 amide bonds. The molecule has 0 aliphatic carbocycles. The molecule has 1 unspecified atom stereocenters. The van der Waals surface area contributed by atoms with Crippen molar-refractivity contribution in [2.75, 3.05) is 13.7 Å². The van der Waals surface area contributed by atoms with Gasteiger partial charge in [0.1, 0.15) is 6.29 Å². The minimum absolute atomic E-state index is 0.186. The highest BCUT2D eigenvalue weighted by atomic mass is 16.5. The lowest BCUT2D eigenvalue weighted by molar-refractivity contribution is -0.127. The van der Waals surface area contributed by atoms with Gasteiger partial charge in [0.25, 0.3) is 5.91 Å². The maximum Gasteiger partial charge on any atom is 0.260 e. The van der Waals surface area contributed by atoms with Crippen LogP contribution in [0.2, 0.25) is 0 Å². The SMILES string of the molecule is COc1ccc(C=O)cc1OC(C)C(=O)NCCC(C)C. The van der Waals surface area contributed by atoms with Crippen LogP contribution in [0.5, 0.6) is 11.5 Å². The van der Waals surface area contributed by atoms with E-state index in [2.05, 4.69) is 19.2 Å². The Morgan fingerprint density at radius 2 is 2.00 bits per heavy atom. The molecule has 1 N–H and O–H groups in total. The van der Waals surface area contributed by atoms with Gasteiger partial charge in [-0.05, 0) is 37.5 Å². The predicted molar refractivity (Wildman–Crippen MR) is 80.9 cm³/mol. The van der Waals surface area contributed by atoms with Gasteiger partial charge in [-0.1, -0.05) is 13.8 Å². The Balaban J connectivity index is 2.66. The molecule has 116 valence electrons. The van der Waals surface area contributed by atoms with Crippen molar-refractivity contribution in [2.24, 2.45) is 5.92 Å². The van der Waals surface area contributed by atoms with Gasteiger partial charge >= 0.3 is 0 Å². The highest BCUT2D eigenvalue weighted by molar-refractivity contribution is 5.81. The number of nitrogens with one attached hydrogen (secondary N) is 1. The van der Waals surface area contributed by atoms with Crippen molar-refractivity contribution >= 4 is 12.2 Å². The molecule has 0 spiro atoms. The molecule has 21 heavy (non-hydrogen) atoms. The van der Waals surface area contributed by atoms with Gasteiger partial charge in [-0.25, -0.2) is 0 Å². The van der Waals surface area contributed by atoms with Crippen LogP contribution >= 0.6 is 0 Å². The molecule has 0 bridgehead atoms. The topological polar surface area (TPSA) is 64.6 Å². The molecule has 0 radical (unpaired) electrons. The minimum atomic E-state index is -0.659. The van der Waals surface area contributed by atoms with E-state index in [9.17, 15) is 9.59 Å². The largest absolute Gasteiger partial charge is 0.493 e. The Morgan fingerprint density at radius 1 is 1.29 bits per heavy atom. The predicted octanol–water partition coefficient (Wildman–Crippen LogP) is 2.44. The Bertz CT molecular complexity index is 485. The van der Waals surface area contributed by atoms with Crippen LogP contribution in [-0.4, -0.2) is 32.0 Å². The molecule has 5 heteroatoms. The van der Waals surface area contributed by atoms with Gasteiger partial charge < -0.3 is 14.8 Å². The number of aldehydes is 1. The normalized spacial score (nSPS) is 11.9. The zero-order valence-electron chi connectivity index (χ0n) is 13.0. The molecule has 0 aliphatic heterocycles. The van der Waals surface area contributed by atoms with Crippen molar-refractivity contribution in [1.29, 1.82) is 0 Å². The third-order valence-corrected chi connectivity index (χ3v) is 3.02. The lowest BCUT2D eigenvalue weighted by atomic mass is 10.1. The first-order chi connectivity index (χ1) is 9.97. The van der Waals surface area contributed by atoms with Crippen LogP contribution in [0.25, 0.3) is 0 Å². The maximum absolute atomic E-state index is 11.9. The smallest absolute Gasteiger partial charge is 0.260 e.